The van der Waals surface area contributed by atoms with Crippen LogP contribution in [0.5, 0.6) is 0 Å². The lowest BCUT2D eigenvalue weighted by atomic mass is 10.1. The van der Waals surface area contributed by atoms with E-state index >= 15 is 0 Å². The van der Waals surface area contributed by atoms with Gasteiger partial charge in [0.15, 0.2) is 0 Å². The van der Waals surface area contributed by atoms with E-state index in [0.717, 1.165) is 11.1 Å². The number of nitrogens with zero attached hydrogens (tertiary/aromatic N) is 1. The van der Waals surface area contributed by atoms with Gasteiger partial charge >= 0.3 is 0 Å². The van der Waals surface area contributed by atoms with Gasteiger partial charge in [-0.05, 0) is 11.6 Å². The average molecular weight is 258 g/mol. The van der Waals surface area contributed by atoms with Gasteiger partial charge in [-0.2, -0.15) is 0 Å². The molecule has 2 amide bonds. The summed E-state index contributed by atoms with van der Waals surface area (Å²) in [5.41, 5.74) is 1.74. The van der Waals surface area contributed by atoms with Gasteiger partial charge in [-0.1, -0.05) is 30.0 Å². The molecule has 0 saturated carbocycles. The number of benzene rings is 1. The van der Waals surface area contributed by atoms with Crippen LogP contribution in [0.4, 0.5) is 0 Å². The van der Waals surface area contributed by atoms with Gasteiger partial charge in [-0.15, -0.1) is 0 Å². The van der Waals surface area contributed by atoms with Crippen molar-refractivity contribution in [1.29, 1.82) is 0 Å². The van der Waals surface area contributed by atoms with Crippen LogP contribution in [0.3, 0.4) is 0 Å². The summed E-state index contributed by atoms with van der Waals surface area (Å²) in [7, 11) is 0. The molecule has 1 aromatic rings. The summed E-state index contributed by atoms with van der Waals surface area (Å²) in [6.07, 6.45) is 0. The number of carbonyl (C=O) groups excluding carboxylic acids is 2. The third-order valence-electron chi connectivity index (χ3n) is 2.73. The Bertz CT molecular complexity index is 541. The maximum atomic E-state index is 11.3. The summed E-state index contributed by atoms with van der Waals surface area (Å²) < 4.78 is 0. The quantitative estimate of drug-likeness (QED) is 0.553. The monoisotopic (exact) mass is 258 g/mol. The molecule has 0 aromatic heterocycles. The van der Waals surface area contributed by atoms with Crippen LogP contribution in [-0.2, 0) is 16.1 Å². The Kier molecular flexibility index (Phi) is 4.29. The van der Waals surface area contributed by atoms with Crippen molar-refractivity contribution in [3.8, 4) is 11.8 Å². The van der Waals surface area contributed by atoms with Crippen molar-refractivity contribution >= 4 is 11.8 Å². The van der Waals surface area contributed by atoms with Crippen LogP contribution in [0.15, 0.2) is 24.3 Å². The second-order valence-corrected chi connectivity index (χ2v) is 4.23. The fourth-order valence-corrected chi connectivity index (χ4v) is 1.96. The van der Waals surface area contributed by atoms with E-state index in [9.17, 15) is 9.59 Å². The number of aliphatic hydroxyl groups excluding tert-OH is 1. The fraction of sp³-hybridized carbons (Fsp3) is 0.286. The predicted molar refractivity (Wildman–Crippen MR) is 68.8 cm³/mol. The Morgan fingerprint density at radius 3 is 2.58 bits per heavy atom. The molecule has 0 unspecified atom stereocenters. The molecule has 5 heteroatoms. The fourth-order valence-electron chi connectivity index (χ4n) is 1.96. The van der Waals surface area contributed by atoms with Gasteiger partial charge in [0.1, 0.15) is 6.61 Å². The van der Waals surface area contributed by atoms with Gasteiger partial charge < -0.3 is 5.11 Å². The molecule has 1 aliphatic heterocycles. The normalized spacial score (nSPS) is 15.6. The lowest BCUT2D eigenvalue weighted by molar-refractivity contribution is -0.136. The molecule has 1 fully saturated rings. The Hall–Kier alpha value is -2.16. The molecule has 2 N–H and O–H groups in total. The summed E-state index contributed by atoms with van der Waals surface area (Å²) in [4.78, 5) is 24.4. The number of piperazine rings is 1. The molecular weight excluding hydrogens is 244 g/mol. The van der Waals surface area contributed by atoms with Crippen LogP contribution in [0, 0.1) is 11.8 Å². The van der Waals surface area contributed by atoms with E-state index in [1.807, 2.05) is 24.3 Å². The number of rotatable bonds is 2. The predicted octanol–water partition coefficient (Wildman–Crippen LogP) is -0.511. The molecule has 98 valence electrons. The van der Waals surface area contributed by atoms with E-state index in [1.54, 1.807) is 4.90 Å². The van der Waals surface area contributed by atoms with Crippen molar-refractivity contribution in [2.24, 2.45) is 0 Å². The summed E-state index contributed by atoms with van der Waals surface area (Å²) in [6.45, 7) is 0.690. The minimum absolute atomic E-state index is 0.195. The molecular formula is C14H14N2O3. The third kappa shape index (κ3) is 3.65. The van der Waals surface area contributed by atoms with Crippen molar-refractivity contribution in [1.82, 2.24) is 10.2 Å². The molecule has 0 bridgehead atoms. The molecule has 0 spiro atoms. The van der Waals surface area contributed by atoms with Crippen LogP contribution < -0.4 is 5.32 Å². The Labute approximate surface area is 111 Å². The summed E-state index contributed by atoms with van der Waals surface area (Å²) in [5, 5.41) is 11.0. The van der Waals surface area contributed by atoms with Gasteiger partial charge in [0.05, 0.1) is 13.1 Å². The maximum absolute atomic E-state index is 11.3. The Balaban J connectivity index is 2.14. The van der Waals surface area contributed by atoms with E-state index < -0.39 is 0 Å². The highest BCUT2D eigenvalue weighted by atomic mass is 16.2. The molecule has 1 aliphatic rings. The van der Waals surface area contributed by atoms with E-state index in [2.05, 4.69) is 17.2 Å². The number of imide groups is 1. The summed E-state index contributed by atoms with van der Waals surface area (Å²) >= 11 is 0. The smallest absolute Gasteiger partial charge is 0.240 e. The van der Waals surface area contributed by atoms with Crippen molar-refractivity contribution < 1.29 is 14.7 Å². The van der Waals surface area contributed by atoms with Crippen LogP contribution in [0.1, 0.15) is 11.1 Å². The first-order valence-corrected chi connectivity index (χ1v) is 5.91. The van der Waals surface area contributed by atoms with Crippen LogP contribution >= 0.6 is 0 Å². The average Bonchev–Trinajstić information content (AvgIpc) is 2.36. The number of aliphatic hydroxyl groups is 1. The number of carbonyl (C=O) groups is 2. The van der Waals surface area contributed by atoms with Crippen molar-refractivity contribution in [3.05, 3.63) is 35.4 Å². The van der Waals surface area contributed by atoms with Gasteiger partial charge in [-0.25, -0.2) is 0 Å². The molecule has 0 aliphatic carbocycles. The molecule has 2 rings (SSSR count). The van der Waals surface area contributed by atoms with Crippen LogP contribution in [-0.4, -0.2) is 41.5 Å². The first kappa shape index (κ1) is 13.3. The second kappa shape index (κ2) is 6.14. The first-order chi connectivity index (χ1) is 9.19. The lowest BCUT2D eigenvalue weighted by Crippen LogP contribution is -2.50. The lowest BCUT2D eigenvalue weighted by Gasteiger charge is -2.25. The van der Waals surface area contributed by atoms with Crippen molar-refractivity contribution in [3.63, 3.8) is 0 Å². The SMILES string of the molecule is O=C1CN(Cc2ccccc2C#CCO)CC(=O)N1. The number of hydrogen-bond acceptors (Lipinski definition) is 4. The van der Waals surface area contributed by atoms with Crippen molar-refractivity contribution in [2.75, 3.05) is 19.7 Å². The van der Waals surface area contributed by atoms with E-state index in [1.165, 1.54) is 0 Å². The van der Waals surface area contributed by atoms with Crippen LogP contribution in [0.25, 0.3) is 0 Å². The Morgan fingerprint density at radius 1 is 1.21 bits per heavy atom. The minimum atomic E-state index is -0.282. The highest BCUT2D eigenvalue weighted by molar-refractivity contribution is 5.99. The maximum Gasteiger partial charge on any atom is 0.240 e. The molecule has 0 radical (unpaired) electrons. The Morgan fingerprint density at radius 2 is 1.89 bits per heavy atom. The third-order valence-corrected chi connectivity index (χ3v) is 2.73. The zero-order chi connectivity index (χ0) is 13.7. The van der Waals surface area contributed by atoms with Gasteiger partial charge in [0.2, 0.25) is 11.8 Å². The largest absolute Gasteiger partial charge is 0.384 e. The topological polar surface area (TPSA) is 69.6 Å². The number of nitrogens with one attached hydrogen (secondary N) is 1. The highest BCUT2D eigenvalue weighted by Crippen LogP contribution is 2.11. The summed E-state index contributed by atoms with van der Waals surface area (Å²) in [5.74, 6) is 4.90. The van der Waals surface area contributed by atoms with E-state index in [-0.39, 0.29) is 31.5 Å². The first-order valence-electron chi connectivity index (χ1n) is 5.91. The van der Waals surface area contributed by atoms with Gasteiger partial charge in [-0.3, -0.25) is 19.8 Å². The molecule has 19 heavy (non-hydrogen) atoms. The van der Waals surface area contributed by atoms with E-state index in [4.69, 9.17) is 5.11 Å². The van der Waals surface area contributed by atoms with Crippen molar-refractivity contribution in [2.45, 2.75) is 6.54 Å². The molecule has 1 saturated heterocycles. The zero-order valence-corrected chi connectivity index (χ0v) is 10.3. The highest BCUT2D eigenvalue weighted by Gasteiger charge is 2.22. The molecule has 1 aromatic carbocycles. The zero-order valence-electron chi connectivity index (χ0n) is 10.3. The number of hydrogen-bond donors (Lipinski definition) is 2. The van der Waals surface area contributed by atoms with Gasteiger partial charge in [0, 0.05) is 12.1 Å². The van der Waals surface area contributed by atoms with Gasteiger partial charge in [0.25, 0.3) is 0 Å². The minimum Gasteiger partial charge on any atom is -0.384 e. The molecule has 5 nitrogen and oxygen atoms in total. The van der Waals surface area contributed by atoms with Crippen LogP contribution in [0.2, 0.25) is 0 Å². The van der Waals surface area contributed by atoms with E-state index in [0.29, 0.717) is 6.54 Å². The molecule has 0 atom stereocenters. The molecule has 1 heterocycles. The number of amides is 2. The summed E-state index contributed by atoms with van der Waals surface area (Å²) in [6, 6.07) is 7.49. The standard InChI is InChI=1S/C14H14N2O3/c17-7-3-6-11-4-1-2-5-12(11)8-16-9-13(18)15-14(19)10-16/h1-2,4-5,17H,7-10H2,(H,15,18,19). The second-order valence-electron chi connectivity index (χ2n) is 4.23.